The monoisotopic (exact) mass is 296 g/mol. The van der Waals surface area contributed by atoms with Crippen LogP contribution < -0.4 is 0 Å². The van der Waals surface area contributed by atoms with Gasteiger partial charge in [0, 0.05) is 10.6 Å². The summed E-state index contributed by atoms with van der Waals surface area (Å²) < 4.78 is 4.85. The molecule has 0 amide bonds. The number of halogens is 4. The highest BCUT2D eigenvalue weighted by molar-refractivity contribution is 6.43. The van der Waals surface area contributed by atoms with Gasteiger partial charge in [0.2, 0.25) is 5.82 Å². The minimum Gasteiger partial charge on any atom is -0.336 e. The van der Waals surface area contributed by atoms with Gasteiger partial charge in [-0.1, -0.05) is 51.6 Å². The molecular weight excluding hydrogens is 294 g/mol. The van der Waals surface area contributed by atoms with Gasteiger partial charge in [0.1, 0.15) is 0 Å². The third kappa shape index (κ3) is 2.43. The molecular formula is C9H4Cl4N2O. The Morgan fingerprint density at radius 1 is 1.19 bits per heavy atom. The van der Waals surface area contributed by atoms with E-state index in [1.807, 2.05) is 0 Å². The summed E-state index contributed by atoms with van der Waals surface area (Å²) >= 11 is 22.9. The first-order chi connectivity index (χ1) is 7.58. The van der Waals surface area contributed by atoms with E-state index in [9.17, 15) is 0 Å². The van der Waals surface area contributed by atoms with Gasteiger partial charge < -0.3 is 4.52 Å². The van der Waals surface area contributed by atoms with Gasteiger partial charge in [-0.2, -0.15) is 4.98 Å². The van der Waals surface area contributed by atoms with E-state index >= 15 is 0 Å². The lowest BCUT2D eigenvalue weighted by molar-refractivity contribution is 0.389. The lowest BCUT2D eigenvalue weighted by atomic mass is 10.2. The van der Waals surface area contributed by atoms with E-state index in [1.54, 1.807) is 18.2 Å². The predicted octanol–water partition coefficient (Wildman–Crippen LogP) is 4.52. The number of alkyl halides is 2. The third-order valence-electron chi connectivity index (χ3n) is 1.80. The lowest BCUT2D eigenvalue weighted by Gasteiger charge is -1.98. The molecule has 0 bridgehead atoms. The molecule has 0 saturated heterocycles. The second kappa shape index (κ2) is 4.80. The predicted molar refractivity (Wildman–Crippen MR) is 64.2 cm³/mol. The zero-order valence-corrected chi connectivity index (χ0v) is 10.6. The molecule has 2 rings (SSSR count). The Balaban J connectivity index is 2.42. The standard InChI is InChI=1S/C9H4Cl4N2O/c10-4-1-2-5(6(11)3-4)8-14-9(7(12)13)16-15-8/h1-3,7H. The van der Waals surface area contributed by atoms with Crippen LogP contribution in [0.4, 0.5) is 0 Å². The summed E-state index contributed by atoms with van der Waals surface area (Å²) in [5.41, 5.74) is 0.607. The summed E-state index contributed by atoms with van der Waals surface area (Å²) in [6, 6.07) is 4.96. The van der Waals surface area contributed by atoms with E-state index in [4.69, 9.17) is 50.9 Å². The molecule has 1 aromatic carbocycles. The van der Waals surface area contributed by atoms with Gasteiger partial charge in [-0.15, -0.1) is 0 Å². The first-order valence-corrected chi connectivity index (χ1v) is 5.78. The molecule has 1 aromatic heterocycles. The van der Waals surface area contributed by atoms with E-state index in [1.165, 1.54) is 0 Å². The molecule has 7 heteroatoms. The van der Waals surface area contributed by atoms with E-state index in [0.29, 0.717) is 21.4 Å². The fourth-order valence-corrected chi connectivity index (χ4v) is 1.77. The third-order valence-corrected chi connectivity index (χ3v) is 2.72. The first-order valence-electron chi connectivity index (χ1n) is 4.15. The maximum Gasteiger partial charge on any atom is 0.260 e. The molecule has 0 radical (unpaired) electrons. The molecule has 0 N–H and O–H groups in total. The van der Waals surface area contributed by atoms with E-state index in [0.717, 1.165) is 0 Å². The molecule has 0 unspecified atom stereocenters. The normalized spacial score (nSPS) is 11.1. The fraction of sp³-hybridized carbons (Fsp3) is 0.111. The zero-order valence-electron chi connectivity index (χ0n) is 7.62. The molecule has 0 spiro atoms. The van der Waals surface area contributed by atoms with Crippen LogP contribution in [0.5, 0.6) is 0 Å². The Morgan fingerprint density at radius 3 is 2.50 bits per heavy atom. The van der Waals surface area contributed by atoms with Crippen LogP contribution in [-0.2, 0) is 0 Å². The largest absolute Gasteiger partial charge is 0.336 e. The Bertz CT molecular complexity index is 512. The van der Waals surface area contributed by atoms with Gasteiger partial charge in [0.25, 0.3) is 5.89 Å². The first kappa shape index (κ1) is 12.0. The molecule has 3 nitrogen and oxygen atoms in total. The van der Waals surface area contributed by atoms with Gasteiger partial charge in [-0.05, 0) is 18.2 Å². The van der Waals surface area contributed by atoms with Crippen molar-refractivity contribution in [2.45, 2.75) is 4.84 Å². The van der Waals surface area contributed by atoms with Gasteiger partial charge in [-0.3, -0.25) is 0 Å². The highest BCUT2D eigenvalue weighted by Gasteiger charge is 2.16. The SMILES string of the molecule is Clc1ccc(-c2noc(C(Cl)Cl)n2)c(Cl)c1. The number of rotatable bonds is 2. The van der Waals surface area contributed by atoms with Crippen LogP contribution in [-0.4, -0.2) is 10.1 Å². The Labute approximate surface area is 111 Å². The number of hydrogen-bond donors (Lipinski definition) is 0. The summed E-state index contributed by atoms with van der Waals surface area (Å²) in [5, 5.41) is 4.68. The van der Waals surface area contributed by atoms with Gasteiger partial charge in [0.05, 0.1) is 5.02 Å². The Hall–Kier alpha value is -0.480. The molecule has 16 heavy (non-hydrogen) atoms. The summed E-state index contributed by atoms with van der Waals surface area (Å²) in [7, 11) is 0. The summed E-state index contributed by atoms with van der Waals surface area (Å²) in [4.78, 5) is 3.15. The van der Waals surface area contributed by atoms with Crippen molar-refractivity contribution in [3.63, 3.8) is 0 Å². The second-order valence-corrected chi connectivity index (χ2v) is 4.82. The fourth-order valence-electron chi connectivity index (χ4n) is 1.10. The molecule has 0 aliphatic heterocycles. The highest BCUT2D eigenvalue weighted by Crippen LogP contribution is 2.30. The van der Waals surface area contributed by atoms with Crippen molar-refractivity contribution in [1.82, 2.24) is 10.1 Å². The highest BCUT2D eigenvalue weighted by atomic mass is 35.5. The van der Waals surface area contributed by atoms with E-state index in [2.05, 4.69) is 10.1 Å². The molecule has 0 atom stereocenters. The Kier molecular flexibility index (Phi) is 3.60. The zero-order chi connectivity index (χ0) is 11.7. The quantitative estimate of drug-likeness (QED) is 0.765. The molecule has 0 aliphatic carbocycles. The van der Waals surface area contributed by atoms with Crippen molar-refractivity contribution in [1.29, 1.82) is 0 Å². The summed E-state index contributed by atoms with van der Waals surface area (Å²) in [6.07, 6.45) is 0. The van der Waals surface area contributed by atoms with Crippen LogP contribution in [0.2, 0.25) is 10.0 Å². The van der Waals surface area contributed by atoms with Crippen molar-refractivity contribution < 1.29 is 4.52 Å². The molecule has 0 fully saturated rings. The van der Waals surface area contributed by atoms with Crippen molar-refractivity contribution >= 4 is 46.4 Å². The number of hydrogen-bond acceptors (Lipinski definition) is 3. The molecule has 0 saturated carbocycles. The van der Waals surface area contributed by atoms with Crippen molar-refractivity contribution in [2.24, 2.45) is 0 Å². The van der Waals surface area contributed by atoms with Gasteiger partial charge >= 0.3 is 0 Å². The molecule has 84 valence electrons. The lowest BCUT2D eigenvalue weighted by Crippen LogP contribution is -1.84. The minimum absolute atomic E-state index is 0.129. The summed E-state index contributed by atoms with van der Waals surface area (Å²) in [6.45, 7) is 0. The van der Waals surface area contributed by atoms with E-state index < -0.39 is 4.84 Å². The second-order valence-electron chi connectivity index (χ2n) is 2.88. The minimum atomic E-state index is -0.854. The maximum absolute atomic E-state index is 5.98. The van der Waals surface area contributed by atoms with Crippen LogP contribution in [0.15, 0.2) is 22.7 Å². The maximum atomic E-state index is 5.98. The van der Waals surface area contributed by atoms with E-state index in [-0.39, 0.29) is 5.89 Å². The van der Waals surface area contributed by atoms with Crippen molar-refractivity contribution in [3.8, 4) is 11.4 Å². The smallest absolute Gasteiger partial charge is 0.260 e. The van der Waals surface area contributed by atoms with Crippen LogP contribution in [0.25, 0.3) is 11.4 Å². The Morgan fingerprint density at radius 2 is 1.94 bits per heavy atom. The van der Waals surface area contributed by atoms with Gasteiger partial charge in [0.15, 0.2) is 4.84 Å². The van der Waals surface area contributed by atoms with Crippen LogP contribution in [0.1, 0.15) is 10.7 Å². The molecule has 0 aliphatic rings. The van der Waals surface area contributed by atoms with Crippen molar-refractivity contribution in [2.75, 3.05) is 0 Å². The average molecular weight is 298 g/mol. The van der Waals surface area contributed by atoms with Crippen LogP contribution in [0, 0.1) is 0 Å². The van der Waals surface area contributed by atoms with Crippen molar-refractivity contribution in [3.05, 3.63) is 34.1 Å². The molecule has 2 aromatic rings. The van der Waals surface area contributed by atoms with Crippen LogP contribution >= 0.6 is 46.4 Å². The summed E-state index contributed by atoms with van der Waals surface area (Å²) in [5.74, 6) is 0.451. The van der Waals surface area contributed by atoms with Crippen LogP contribution in [0.3, 0.4) is 0 Å². The number of aromatic nitrogens is 2. The van der Waals surface area contributed by atoms with Gasteiger partial charge in [-0.25, -0.2) is 0 Å². The topological polar surface area (TPSA) is 38.9 Å². The average Bonchev–Trinajstić information content (AvgIpc) is 2.66. The number of benzene rings is 1. The molecule has 1 heterocycles. The number of nitrogens with zero attached hydrogens (tertiary/aromatic N) is 2.